The van der Waals surface area contributed by atoms with Gasteiger partial charge in [-0.2, -0.15) is 0 Å². The first-order valence-electron chi connectivity index (χ1n) is 10.4. The van der Waals surface area contributed by atoms with E-state index in [0.29, 0.717) is 19.3 Å². The molecule has 2 aromatic rings. The number of carbonyl (C=O) groups excluding carboxylic acids is 2. The van der Waals surface area contributed by atoms with Crippen LogP contribution in [0.5, 0.6) is 0 Å². The summed E-state index contributed by atoms with van der Waals surface area (Å²) in [5.74, 6) is -1.22. The van der Waals surface area contributed by atoms with E-state index in [0.717, 1.165) is 22.3 Å². The highest BCUT2D eigenvalue weighted by Gasteiger charge is 2.50. The normalized spacial score (nSPS) is 24.9. The molecule has 3 aliphatic rings. The van der Waals surface area contributed by atoms with Crippen LogP contribution in [0.4, 0.5) is 4.79 Å². The maximum Gasteiger partial charge on any atom is 0.410 e. The van der Waals surface area contributed by atoms with Crippen LogP contribution in [0.1, 0.15) is 36.3 Å². The summed E-state index contributed by atoms with van der Waals surface area (Å²) in [6, 6.07) is 15.2. The Balaban J connectivity index is 1.35. The summed E-state index contributed by atoms with van der Waals surface area (Å²) in [5, 5.41) is 9.74. The molecule has 154 valence electrons. The second-order valence-electron chi connectivity index (χ2n) is 8.44. The maximum absolute atomic E-state index is 12.9. The van der Waals surface area contributed by atoms with Gasteiger partial charge in [-0.1, -0.05) is 48.5 Å². The number of carboxylic acid groups (broad SMARTS) is 1. The van der Waals surface area contributed by atoms with Gasteiger partial charge in [0.1, 0.15) is 18.4 Å². The van der Waals surface area contributed by atoms with E-state index in [4.69, 9.17) is 4.74 Å². The summed E-state index contributed by atoms with van der Waals surface area (Å²) in [6.07, 6.45) is 0.657. The van der Waals surface area contributed by atoms with Crippen LogP contribution in [0.2, 0.25) is 0 Å². The van der Waals surface area contributed by atoms with Crippen LogP contribution in [-0.2, 0) is 14.3 Å². The quantitative estimate of drug-likeness (QED) is 0.842. The van der Waals surface area contributed by atoms with Gasteiger partial charge in [-0.3, -0.25) is 9.69 Å². The van der Waals surface area contributed by atoms with Crippen molar-refractivity contribution in [2.24, 2.45) is 11.8 Å². The molecule has 6 nitrogen and oxygen atoms in total. The lowest BCUT2D eigenvalue weighted by molar-refractivity contribution is -0.143. The molecule has 30 heavy (non-hydrogen) atoms. The van der Waals surface area contributed by atoms with E-state index in [-0.39, 0.29) is 36.7 Å². The number of aliphatic carboxylic acids is 1. The molecule has 2 aliphatic carbocycles. The second kappa shape index (κ2) is 7.27. The highest BCUT2D eigenvalue weighted by molar-refractivity contribution is 5.84. The highest BCUT2D eigenvalue weighted by atomic mass is 16.6. The van der Waals surface area contributed by atoms with E-state index in [9.17, 15) is 19.5 Å². The Morgan fingerprint density at radius 3 is 2.30 bits per heavy atom. The van der Waals surface area contributed by atoms with Gasteiger partial charge in [0.15, 0.2) is 0 Å². The third kappa shape index (κ3) is 2.98. The number of likely N-dealkylation sites (tertiary alicyclic amines) is 1. The molecule has 1 amide bonds. The third-order valence-corrected chi connectivity index (χ3v) is 6.85. The van der Waals surface area contributed by atoms with E-state index in [2.05, 4.69) is 12.1 Å². The first kappa shape index (κ1) is 18.9. The smallest absolute Gasteiger partial charge is 0.410 e. The number of hydrogen-bond donors (Lipinski definition) is 1. The molecular weight excluding hydrogens is 382 g/mol. The average molecular weight is 405 g/mol. The first-order chi connectivity index (χ1) is 14.5. The van der Waals surface area contributed by atoms with E-state index in [1.807, 2.05) is 36.4 Å². The van der Waals surface area contributed by atoms with Gasteiger partial charge in [-0.25, -0.2) is 9.59 Å². The van der Waals surface area contributed by atoms with Crippen molar-refractivity contribution in [3.63, 3.8) is 0 Å². The largest absolute Gasteiger partial charge is 0.480 e. The highest BCUT2D eigenvalue weighted by Crippen LogP contribution is 2.45. The molecule has 5 rings (SSSR count). The molecular formula is C24H23NO5. The summed E-state index contributed by atoms with van der Waals surface area (Å²) in [4.78, 5) is 38.0. The fraction of sp³-hybridized carbons (Fsp3) is 0.375. The number of carbonyl (C=O) groups is 3. The van der Waals surface area contributed by atoms with E-state index < -0.39 is 18.1 Å². The molecule has 1 saturated carbocycles. The molecule has 0 aromatic heterocycles. The minimum absolute atomic E-state index is 0.0731. The Bertz CT molecular complexity index is 986. The van der Waals surface area contributed by atoms with Crippen LogP contribution in [0, 0.1) is 11.8 Å². The fourth-order valence-corrected chi connectivity index (χ4v) is 5.50. The van der Waals surface area contributed by atoms with E-state index in [1.54, 1.807) is 0 Å². The monoisotopic (exact) mass is 405 g/mol. The Hall–Kier alpha value is -3.15. The minimum atomic E-state index is -1.02. The topological polar surface area (TPSA) is 83.9 Å². The summed E-state index contributed by atoms with van der Waals surface area (Å²) >= 11 is 0. The predicted octanol–water partition coefficient (Wildman–Crippen LogP) is 3.69. The third-order valence-electron chi connectivity index (χ3n) is 6.85. The van der Waals surface area contributed by atoms with Crippen molar-refractivity contribution in [3.05, 3.63) is 59.7 Å². The number of rotatable bonds is 3. The lowest BCUT2D eigenvalue weighted by atomic mass is 9.78. The number of nitrogens with zero attached hydrogens (tertiary/aromatic N) is 1. The van der Waals surface area contributed by atoms with Gasteiger partial charge in [-0.05, 0) is 40.5 Å². The molecule has 1 N–H and O–H groups in total. The summed E-state index contributed by atoms with van der Waals surface area (Å²) in [7, 11) is 0. The van der Waals surface area contributed by atoms with E-state index >= 15 is 0 Å². The number of ketones is 1. The summed E-state index contributed by atoms with van der Waals surface area (Å²) in [5.41, 5.74) is 4.51. The fourth-order valence-electron chi connectivity index (χ4n) is 5.50. The summed E-state index contributed by atoms with van der Waals surface area (Å²) in [6.45, 7) is 0.425. The van der Waals surface area contributed by atoms with Crippen molar-refractivity contribution in [2.75, 3.05) is 13.2 Å². The van der Waals surface area contributed by atoms with Gasteiger partial charge in [0.25, 0.3) is 0 Å². The molecule has 1 saturated heterocycles. The Morgan fingerprint density at radius 2 is 1.67 bits per heavy atom. The zero-order valence-corrected chi connectivity index (χ0v) is 16.5. The number of carboxylic acids is 1. The van der Waals surface area contributed by atoms with Crippen LogP contribution in [0.3, 0.4) is 0 Å². The van der Waals surface area contributed by atoms with Crippen molar-refractivity contribution in [1.29, 1.82) is 0 Å². The van der Waals surface area contributed by atoms with Crippen molar-refractivity contribution < 1.29 is 24.2 Å². The Labute approximate surface area is 174 Å². The molecule has 3 atom stereocenters. The van der Waals surface area contributed by atoms with Crippen LogP contribution in [-0.4, -0.2) is 47.0 Å². The maximum atomic E-state index is 12.9. The lowest BCUT2D eigenvalue weighted by Gasteiger charge is -2.26. The number of hydrogen-bond acceptors (Lipinski definition) is 4. The summed E-state index contributed by atoms with van der Waals surface area (Å²) < 4.78 is 5.68. The van der Waals surface area contributed by atoms with Crippen molar-refractivity contribution >= 4 is 17.8 Å². The lowest BCUT2D eigenvalue weighted by Crippen LogP contribution is -2.44. The van der Waals surface area contributed by atoms with Gasteiger partial charge < -0.3 is 9.84 Å². The zero-order valence-electron chi connectivity index (χ0n) is 16.5. The Morgan fingerprint density at radius 1 is 1.03 bits per heavy atom. The average Bonchev–Trinajstić information content (AvgIpc) is 3.28. The van der Waals surface area contributed by atoms with Crippen molar-refractivity contribution in [1.82, 2.24) is 4.90 Å². The molecule has 0 bridgehead atoms. The molecule has 6 heteroatoms. The number of amides is 1. The van der Waals surface area contributed by atoms with Gasteiger partial charge in [-0.15, -0.1) is 0 Å². The number of Topliss-reactive ketones (excluding diaryl/α,β-unsaturated/α-hetero) is 1. The zero-order chi connectivity index (χ0) is 20.8. The molecule has 1 heterocycles. The number of fused-ring (bicyclic) bond motifs is 4. The molecule has 0 unspecified atom stereocenters. The molecule has 0 radical (unpaired) electrons. The van der Waals surface area contributed by atoms with Crippen LogP contribution in [0.25, 0.3) is 11.1 Å². The standard InChI is InChI=1S/C24H23NO5/c26-15-9-10-16-14(11-15)12-25(22(16)23(27)28)24(29)30-13-21-19-7-3-1-5-17(19)18-6-2-4-8-20(18)21/h1-8,14,16,21-22H,9-13H2,(H,27,28)/t14-,16+,22+/m0/s1. The molecule has 1 aliphatic heterocycles. The van der Waals surface area contributed by atoms with Crippen LogP contribution < -0.4 is 0 Å². The van der Waals surface area contributed by atoms with Crippen molar-refractivity contribution in [3.8, 4) is 11.1 Å². The number of ether oxygens (including phenoxy) is 1. The van der Waals surface area contributed by atoms with Crippen molar-refractivity contribution in [2.45, 2.75) is 31.2 Å². The van der Waals surface area contributed by atoms with Gasteiger partial charge in [0.2, 0.25) is 0 Å². The van der Waals surface area contributed by atoms with Crippen LogP contribution in [0.15, 0.2) is 48.5 Å². The minimum Gasteiger partial charge on any atom is -0.480 e. The van der Waals surface area contributed by atoms with Gasteiger partial charge in [0.05, 0.1) is 0 Å². The first-order valence-corrected chi connectivity index (χ1v) is 10.4. The van der Waals surface area contributed by atoms with E-state index in [1.165, 1.54) is 4.90 Å². The molecule has 2 aromatic carbocycles. The SMILES string of the molecule is O=C1CC[C@@H]2[C@@H](C1)CN(C(=O)OCC1c3ccccc3-c3ccccc31)[C@H]2C(=O)O. The van der Waals surface area contributed by atoms with Gasteiger partial charge in [0, 0.05) is 25.3 Å². The molecule has 0 spiro atoms. The van der Waals surface area contributed by atoms with Crippen LogP contribution >= 0.6 is 0 Å². The number of benzene rings is 2. The second-order valence-corrected chi connectivity index (χ2v) is 8.44. The molecule has 2 fully saturated rings. The van der Waals surface area contributed by atoms with Gasteiger partial charge >= 0.3 is 12.1 Å². The predicted molar refractivity (Wildman–Crippen MR) is 109 cm³/mol. The Kier molecular flexibility index (Phi) is 4.57.